The highest BCUT2D eigenvalue weighted by atomic mass is 16.3. The van der Waals surface area contributed by atoms with Crippen LogP contribution in [0.4, 0.5) is 0 Å². The molecule has 0 spiro atoms. The lowest BCUT2D eigenvalue weighted by Gasteiger charge is -2.07. The van der Waals surface area contributed by atoms with Gasteiger partial charge in [-0.05, 0) is 58.5 Å². The molecular weight excluding hydrogens is 304 g/mol. The minimum absolute atomic E-state index is 0.319. The molecule has 0 atom stereocenters. The van der Waals surface area contributed by atoms with Gasteiger partial charge in [0.25, 0.3) is 0 Å². The molecule has 0 amide bonds. The van der Waals surface area contributed by atoms with Crippen LogP contribution in [0.5, 0.6) is 5.75 Å². The van der Waals surface area contributed by atoms with Gasteiger partial charge in [0.2, 0.25) is 0 Å². The minimum Gasteiger partial charge on any atom is -0.508 e. The Morgan fingerprint density at radius 3 is 2.08 bits per heavy atom. The van der Waals surface area contributed by atoms with Crippen LogP contribution in [0.2, 0.25) is 0 Å². The smallest absolute Gasteiger partial charge is 0.116 e. The fourth-order valence-electron chi connectivity index (χ4n) is 3.39. The summed E-state index contributed by atoms with van der Waals surface area (Å²) in [6, 6.07) is 20.9. The first-order valence-corrected chi connectivity index (χ1v) is 9.58. The van der Waals surface area contributed by atoms with E-state index in [1.807, 2.05) is 12.1 Å². The lowest BCUT2D eigenvalue weighted by atomic mass is 9.98. The van der Waals surface area contributed by atoms with E-state index in [0.29, 0.717) is 5.75 Å². The topological polar surface area (TPSA) is 20.2 Å². The van der Waals surface area contributed by atoms with Crippen LogP contribution in [0.3, 0.4) is 0 Å². The molecule has 3 aromatic carbocycles. The molecule has 0 bridgehead atoms. The molecule has 0 aliphatic rings. The molecule has 0 aromatic heterocycles. The highest BCUT2D eigenvalue weighted by molar-refractivity contribution is 5.88. The zero-order valence-corrected chi connectivity index (χ0v) is 15.2. The third-order valence-corrected chi connectivity index (χ3v) is 4.93. The summed E-state index contributed by atoms with van der Waals surface area (Å²) in [6.07, 6.45) is 9.27. The average Bonchev–Trinajstić information content (AvgIpc) is 2.64. The number of fused-ring (bicyclic) bond motifs is 1. The van der Waals surface area contributed by atoms with Crippen molar-refractivity contribution in [1.29, 1.82) is 0 Å². The highest BCUT2D eigenvalue weighted by Crippen LogP contribution is 2.27. The largest absolute Gasteiger partial charge is 0.508 e. The average molecular weight is 332 g/mol. The van der Waals surface area contributed by atoms with Crippen LogP contribution in [0, 0.1) is 0 Å². The fourth-order valence-corrected chi connectivity index (χ4v) is 3.39. The number of aryl methyl sites for hydroxylation is 1. The van der Waals surface area contributed by atoms with Crippen molar-refractivity contribution in [1.82, 2.24) is 0 Å². The van der Waals surface area contributed by atoms with Crippen molar-refractivity contribution in [3.8, 4) is 16.9 Å². The molecule has 25 heavy (non-hydrogen) atoms. The lowest BCUT2D eigenvalue weighted by Crippen LogP contribution is -1.87. The molecular formula is C24H28O. The summed E-state index contributed by atoms with van der Waals surface area (Å²) in [4.78, 5) is 0. The summed E-state index contributed by atoms with van der Waals surface area (Å²) in [5.41, 5.74) is 3.91. The van der Waals surface area contributed by atoms with E-state index in [2.05, 4.69) is 49.4 Å². The van der Waals surface area contributed by atoms with Gasteiger partial charge in [-0.1, -0.05) is 81.5 Å². The normalized spacial score (nSPS) is 11.1. The first-order valence-electron chi connectivity index (χ1n) is 9.58. The van der Waals surface area contributed by atoms with Crippen molar-refractivity contribution in [3.05, 3.63) is 66.2 Å². The third-order valence-electron chi connectivity index (χ3n) is 4.93. The molecule has 0 heterocycles. The first-order chi connectivity index (χ1) is 12.3. The van der Waals surface area contributed by atoms with Gasteiger partial charge < -0.3 is 5.11 Å². The van der Waals surface area contributed by atoms with Gasteiger partial charge in [-0.3, -0.25) is 0 Å². The van der Waals surface area contributed by atoms with E-state index in [-0.39, 0.29) is 0 Å². The van der Waals surface area contributed by atoms with Crippen molar-refractivity contribution in [2.24, 2.45) is 0 Å². The van der Waals surface area contributed by atoms with E-state index in [1.54, 1.807) is 6.07 Å². The summed E-state index contributed by atoms with van der Waals surface area (Å²) in [5.74, 6) is 0.319. The van der Waals surface area contributed by atoms with Crippen LogP contribution in [0.25, 0.3) is 21.9 Å². The predicted octanol–water partition coefficient (Wildman–Crippen LogP) is 7.12. The number of hydrogen-bond acceptors (Lipinski definition) is 1. The Kier molecular flexibility index (Phi) is 6.11. The molecule has 0 unspecified atom stereocenters. The maximum atomic E-state index is 9.58. The van der Waals surface area contributed by atoms with Crippen LogP contribution in [0.1, 0.15) is 51.0 Å². The Labute approximate surface area is 151 Å². The molecule has 0 radical (unpaired) electrons. The van der Waals surface area contributed by atoms with E-state index < -0.39 is 0 Å². The maximum Gasteiger partial charge on any atom is 0.116 e. The summed E-state index contributed by atoms with van der Waals surface area (Å²) in [5, 5.41) is 11.8. The van der Waals surface area contributed by atoms with Crippen LogP contribution < -0.4 is 0 Å². The van der Waals surface area contributed by atoms with E-state index in [9.17, 15) is 5.11 Å². The fraction of sp³-hybridized carbons (Fsp3) is 0.333. The van der Waals surface area contributed by atoms with Crippen LogP contribution in [0.15, 0.2) is 60.7 Å². The maximum absolute atomic E-state index is 9.58. The minimum atomic E-state index is 0.319. The Balaban J connectivity index is 1.61. The van der Waals surface area contributed by atoms with Gasteiger partial charge in [-0.2, -0.15) is 0 Å². The Bertz CT molecular complexity index is 802. The molecule has 0 aliphatic heterocycles. The zero-order valence-electron chi connectivity index (χ0n) is 15.2. The standard InChI is InChI=1S/C24H28O/c1-2-3-4-5-6-7-8-19-9-11-20(12-10-19)21-13-14-23-18-24(25)16-15-22(23)17-21/h9-18,25H,2-8H2,1H3. The Morgan fingerprint density at radius 2 is 1.28 bits per heavy atom. The molecule has 1 heteroatoms. The van der Waals surface area contributed by atoms with Gasteiger partial charge >= 0.3 is 0 Å². The van der Waals surface area contributed by atoms with Gasteiger partial charge in [0.1, 0.15) is 5.75 Å². The van der Waals surface area contributed by atoms with Crippen molar-refractivity contribution in [2.75, 3.05) is 0 Å². The van der Waals surface area contributed by atoms with Crippen LogP contribution in [-0.4, -0.2) is 5.11 Å². The van der Waals surface area contributed by atoms with Crippen LogP contribution >= 0.6 is 0 Å². The summed E-state index contributed by atoms with van der Waals surface area (Å²) >= 11 is 0. The Hall–Kier alpha value is -2.28. The molecule has 0 saturated carbocycles. The Morgan fingerprint density at radius 1 is 0.640 bits per heavy atom. The second kappa shape index (κ2) is 8.71. The molecule has 0 aliphatic carbocycles. The second-order valence-electron chi connectivity index (χ2n) is 6.96. The van der Waals surface area contributed by atoms with Crippen LogP contribution in [-0.2, 0) is 6.42 Å². The molecule has 1 N–H and O–H groups in total. The molecule has 130 valence electrons. The number of aromatic hydroxyl groups is 1. The summed E-state index contributed by atoms with van der Waals surface area (Å²) < 4.78 is 0. The quantitative estimate of drug-likeness (QED) is 0.435. The summed E-state index contributed by atoms with van der Waals surface area (Å²) in [7, 11) is 0. The van der Waals surface area contributed by atoms with E-state index >= 15 is 0 Å². The van der Waals surface area contributed by atoms with Crippen molar-refractivity contribution < 1.29 is 5.11 Å². The molecule has 0 saturated heterocycles. The van der Waals surface area contributed by atoms with Gasteiger partial charge in [-0.15, -0.1) is 0 Å². The second-order valence-corrected chi connectivity index (χ2v) is 6.96. The number of rotatable bonds is 8. The third kappa shape index (κ3) is 4.85. The van der Waals surface area contributed by atoms with Crippen molar-refractivity contribution in [3.63, 3.8) is 0 Å². The van der Waals surface area contributed by atoms with Gasteiger partial charge in [-0.25, -0.2) is 0 Å². The highest BCUT2D eigenvalue weighted by Gasteiger charge is 2.02. The van der Waals surface area contributed by atoms with Crippen molar-refractivity contribution >= 4 is 10.8 Å². The van der Waals surface area contributed by atoms with Gasteiger partial charge in [0, 0.05) is 0 Å². The number of unbranched alkanes of at least 4 members (excludes halogenated alkanes) is 5. The molecule has 0 fully saturated rings. The number of phenols is 1. The number of benzene rings is 3. The summed E-state index contributed by atoms with van der Waals surface area (Å²) in [6.45, 7) is 2.26. The molecule has 3 aromatic rings. The first kappa shape index (κ1) is 17.5. The van der Waals surface area contributed by atoms with E-state index in [4.69, 9.17) is 0 Å². The van der Waals surface area contributed by atoms with Crippen molar-refractivity contribution in [2.45, 2.75) is 51.9 Å². The van der Waals surface area contributed by atoms with Gasteiger partial charge in [0.05, 0.1) is 0 Å². The predicted molar refractivity (Wildman–Crippen MR) is 108 cm³/mol. The van der Waals surface area contributed by atoms with E-state index in [1.165, 1.54) is 61.6 Å². The van der Waals surface area contributed by atoms with Gasteiger partial charge in [0.15, 0.2) is 0 Å². The number of phenolic OH excluding ortho intramolecular Hbond substituents is 1. The molecule has 3 rings (SSSR count). The number of hydrogen-bond donors (Lipinski definition) is 1. The SMILES string of the molecule is CCCCCCCCc1ccc(-c2ccc3cc(O)ccc3c2)cc1. The lowest BCUT2D eigenvalue weighted by molar-refractivity contribution is 0.476. The molecule has 1 nitrogen and oxygen atoms in total. The van der Waals surface area contributed by atoms with E-state index in [0.717, 1.165) is 10.8 Å². The monoisotopic (exact) mass is 332 g/mol. The zero-order chi connectivity index (χ0) is 17.5.